The second kappa shape index (κ2) is 4.57. The van der Waals surface area contributed by atoms with Crippen molar-refractivity contribution in [2.45, 2.75) is 46.5 Å². The molecule has 0 heterocycles. The van der Waals surface area contributed by atoms with E-state index < -0.39 is 0 Å². The van der Waals surface area contributed by atoms with Crippen molar-refractivity contribution in [1.29, 1.82) is 0 Å². The van der Waals surface area contributed by atoms with Gasteiger partial charge in [0.15, 0.2) is 0 Å². The summed E-state index contributed by atoms with van der Waals surface area (Å²) in [6.07, 6.45) is 7.71. The molecule has 0 spiro atoms. The molecule has 16 heavy (non-hydrogen) atoms. The molecule has 0 aromatic carbocycles. The summed E-state index contributed by atoms with van der Waals surface area (Å²) in [5.41, 5.74) is -0.427. The second-order valence-corrected chi connectivity index (χ2v) is 5.74. The summed E-state index contributed by atoms with van der Waals surface area (Å²) in [7, 11) is 0. The molecule has 0 saturated heterocycles. The molecular formula is C15H24O. The Bertz CT molecular complexity index is 301. The first-order valence-electron chi connectivity index (χ1n) is 6.19. The molecule has 0 amide bonds. The number of carbonyl (C=O) groups is 1. The maximum atomic E-state index is 12.7. The smallest absolute Gasteiger partial charge is 0.145 e. The summed E-state index contributed by atoms with van der Waals surface area (Å²) in [5.74, 6) is 0.635. The molecule has 1 aliphatic carbocycles. The van der Waals surface area contributed by atoms with Crippen molar-refractivity contribution in [2.24, 2.45) is 16.7 Å². The minimum atomic E-state index is -0.245. The van der Waals surface area contributed by atoms with Crippen molar-refractivity contribution in [3.05, 3.63) is 25.3 Å². The Morgan fingerprint density at radius 1 is 1.38 bits per heavy atom. The molecule has 2 atom stereocenters. The van der Waals surface area contributed by atoms with Crippen LogP contribution < -0.4 is 0 Å². The Balaban J connectivity index is 3.13. The van der Waals surface area contributed by atoms with E-state index in [0.29, 0.717) is 5.78 Å². The van der Waals surface area contributed by atoms with Gasteiger partial charge in [0.25, 0.3) is 0 Å². The zero-order chi connectivity index (χ0) is 12.4. The van der Waals surface area contributed by atoms with E-state index in [1.54, 1.807) is 0 Å². The average Bonchev–Trinajstić information content (AvgIpc) is 2.24. The van der Waals surface area contributed by atoms with Gasteiger partial charge in [-0.1, -0.05) is 39.3 Å². The van der Waals surface area contributed by atoms with E-state index in [2.05, 4.69) is 33.9 Å². The summed E-state index contributed by atoms with van der Waals surface area (Å²) in [6.45, 7) is 13.9. The molecule has 1 saturated carbocycles. The molecular weight excluding hydrogens is 196 g/mol. The van der Waals surface area contributed by atoms with Gasteiger partial charge in [0.05, 0.1) is 0 Å². The van der Waals surface area contributed by atoms with E-state index in [-0.39, 0.29) is 16.7 Å². The van der Waals surface area contributed by atoms with Crippen LogP contribution in [0, 0.1) is 16.7 Å². The Kier molecular flexibility index (Phi) is 3.77. The van der Waals surface area contributed by atoms with Crippen LogP contribution in [0.4, 0.5) is 0 Å². The third-order valence-electron chi connectivity index (χ3n) is 4.23. The third-order valence-corrected chi connectivity index (χ3v) is 4.23. The molecule has 90 valence electrons. The van der Waals surface area contributed by atoms with Crippen molar-refractivity contribution in [3.8, 4) is 0 Å². The highest BCUT2D eigenvalue weighted by atomic mass is 16.1. The van der Waals surface area contributed by atoms with E-state index in [0.717, 1.165) is 25.7 Å². The molecule has 1 fully saturated rings. The lowest BCUT2D eigenvalue weighted by molar-refractivity contribution is -0.144. The fourth-order valence-electron chi connectivity index (χ4n) is 3.05. The molecule has 0 radical (unpaired) electrons. The standard InChI is InChI=1S/C15H24O/c1-6-9-15(12(3)7-2)11-8-10-14(4,5)13(15)16/h6-7,12H,1-2,8-11H2,3-5H3. The van der Waals surface area contributed by atoms with E-state index >= 15 is 0 Å². The summed E-state index contributed by atoms with van der Waals surface area (Å²) >= 11 is 0. The van der Waals surface area contributed by atoms with Crippen molar-refractivity contribution >= 4 is 5.78 Å². The van der Waals surface area contributed by atoms with Gasteiger partial charge in [-0.15, -0.1) is 13.2 Å². The minimum absolute atomic E-state index is 0.182. The minimum Gasteiger partial charge on any atom is -0.298 e. The quantitative estimate of drug-likeness (QED) is 0.650. The highest BCUT2D eigenvalue weighted by molar-refractivity contribution is 5.91. The highest BCUT2D eigenvalue weighted by Gasteiger charge is 2.49. The van der Waals surface area contributed by atoms with Crippen LogP contribution in [0.5, 0.6) is 0 Å². The zero-order valence-corrected chi connectivity index (χ0v) is 10.9. The number of ketones is 1. The van der Waals surface area contributed by atoms with Gasteiger partial charge in [-0.05, 0) is 25.2 Å². The van der Waals surface area contributed by atoms with Crippen molar-refractivity contribution in [2.75, 3.05) is 0 Å². The molecule has 0 aromatic rings. The highest BCUT2D eigenvalue weighted by Crippen LogP contribution is 2.49. The molecule has 1 nitrogen and oxygen atoms in total. The number of rotatable bonds is 4. The Hall–Kier alpha value is -0.850. The van der Waals surface area contributed by atoms with Crippen LogP contribution in [0.25, 0.3) is 0 Å². The molecule has 2 unspecified atom stereocenters. The van der Waals surface area contributed by atoms with Crippen LogP contribution in [0.2, 0.25) is 0 Å². The molecule has 0 aliphatic heterocycles. The lowest BCUT2D eigenvalue weighted by Gasteiger charge is -2.45. The first-order chi connectivity index (χ1) is 7.40. The fraction of sp³-hybridized carbons (Fsp3) is 0.667. The van der Waals surface area contributed by atoms with Crippen molar-refractivity contribution in [1.82, 2.24) is 0 Å². The number of carbonyl (C=O) groups excluding carboxylic acids is 1. The van der Waals surface area contributed by atoms with E-state index in [4.69, 9.17) is 0 Å². The summed E-state index contributed by atoms with van der Waals surface area (Å²) in [4.78, 5) is 12.7. The van der Waals surface area contributed by atoms with Crippen LogP contribution in [0.1, 0.15) is 46.5 Å². The zero-order valence-electron chi connectivity index (χ0n) is 10.9. The molecule has 1 aliphatic rings. The van der Waals surface area contributed by atoms with Gasteiger partial charge in [-0.2, -0.15) is 0 Å². The van der Waals surface area contributed by atoms with Gasteiger partial charge in [0.2, 0.25) is 0 Å². The van der Waals surface area contributed by atoms with Crippen LogP contribution >= 0.6 is 0 Å². The van der Waals surface area contributed by atoms with Crippen LogP contribution in [-0.2, 0) is 4.79 Å². The molecule has 0 bridgehead atoms. The normalized spacial score (nSPS) is 30.8. The first-order valence-corrected chi connectivity index (χ1v) is 6.19. The molecule has 0 aromatic heterocycles. The van der Waals surface area contributed by atoms with Gasteiger partial charge < -0.3 is 0 Å². The maximum absolute atomic E-state index is 12.7. The number of Topliss-reactive ketones (excluding diaryl/α,β-unsaturated/α-hetero) is 1. The second-order valence-electron chi connectivity index (χ2n) is 5.74. The Labute approximate surface area is 99.6 Å². The van der Waals surface area contributed by atoms with Gasteiger partial charge in [0.1, 0.15) is 5.78 Å². The number of hydrogen-bond acceptors (Lipinski definition) is 1. The summed E-state index contributed by atoms with van der Waals surface area (Å²) in [6, 6.07) is 0. The fourth-order valence-corrected chi connectivity index (χ4v) is 3.05. The van der Waals surface area contributed by atoms with E-state index in [1.807, 2.05) is 12.2 Å². The van der Waals surface area contributed by atoms with Crippen molar-refractivity contribution < 1.29 is 4.79 Å². The van der Waals surface area contributed by atoms with E-state index in [1.165, 1.54) is 0 Å². The van der Waals surface area contributed by atoms with Crippen LogP contribution in [0.15, 0.2) is 25.3 Å². The Morgan fingerprint density at radius 2 is 2.00 bits per heavy atom. The van der Waals surface area contributed by atoms with Gasteiger partial charge in [-0.25, -0.2) is 0 Å². The summed E-state index contributed by atoms with van der Waals surface area (Å²) in [5, 5.41) is 0. The predicted octanol–water partition coefficient (Wildman–Crippen LogP) is 4.15. The number of allylic oxidation sites excluding steroid dienone is 2. The Morgan fingerprint density at radius 3 is 2.50 bits per heavy atom. The van der Waals surface area contributed by atoms with Gasteiger partial charge in [0, 0.05) is 10.8 Å². The SMILES string of the molecule is C=CCC1(C(C)C=C)CCCC(C)(C)C1=O. The van der Waals surface area contributed by atoms with Crippen LogP contribution in [-0.4, -0.2) is 5.78 Å². The van der Waals surface area contributed by atoms with Crippen molar-refractivity contribution in [3.63, 3.8) is 0 Å². The first kappa shape index (κ1) is 13.2. The van der Waals surface area contributed by atoms with Crippen LogP contribution in [0.3, 0.4) is 0 Å². The molecule has 1 rings (SSSR count). The predicted molar refractivity (Wildman–Crippen MR) is 69.2 cm³/mol. The maximum Gasteiger partial charge on any atom is 0.145 e. The van der Waals surface area contributed by atoms with Gasteiger partial charge in [-0.3, -0.25) is 4.79 Å². The largest absolute Gasteiger partial charge is 0.298 e. The summed E-state index contributed by atoms with van der Waals surface area (Å²) < 4.78 is 0. The number of hydrogen-bond donors (Lipinski definition) is 0. The lowest BCUT2D eigenvalue weighted by Crippen LogP contribution is -2.47. The molecule has 1 heteroatoms. The lowest BCUT2D eigenvalue weighted by atomic mass is 9.56. The van der Waals surface area contributed by atoms with Gasteiger partial charge >= 0.3 is 0 Å². The monoisotopic (exact) mass is 220 g/mol. The van der Waals surface area contributed by atoms with E-state index in [9.17, 15) is 4.79 Å². The average molecular weight is 220 g/mol. The molecule has 0 N–H and O–H groups in total. The third kappa shape index (κ3) is 2.00. The topological polar surface area (TPSA) is 17.1 Å².